The molecule has 5 rings (SSSR count). The third kappa shape index (κ3) is 6.21. The van der Waals surface area contributed by atoms with Gasteiger partial charge in [0.15, 0.2) is 0 Å². The van der Waals surface area contributed by atoms with E-state index in [2.05, 4.69) is 77.9 Å². The van der Waals surface area contributed by atoms with Crippen LogP contribution in [-0.4, -0.2) is 9.79 Å². The standard InChI is InChI=1S/C38H53O3P/c1-37(2,3)30-25-26-34(33(27-30)38(4,5)6)41-42(39,40,35-23-15-13-21-31(35)28-17-9-7-10-18-28)36-24-16-14-22-32(36)29-19-11-8-12-20-29/h13-16,21-29,39-40H,7-12,17-20H2,1-6H3. The summed E-state index contributed by atoms with van der Waals surface area (Å²) >= 11 is 0. The van der Waals surface area contributed by atoms with Gasteiger partial charge in [-0.1, -0.05) is 0 Å². The molecule has 42 heavy (non-hydrogen) atoms. The van der Waals surface area contributed by atoms with Crippen molar-refractivity contribution in [1.29, 1.82) is 0 Å². The van der Waals surface area contributed by atoms with Gasteiger partial charge in [-0.15, -0.1) is 0 Å². The predicted octanol–water partition coefficient (Wildman–Crippen LogP) is 9.69. The minimum absolute atomic E-state index is 0.0381. The summed E-state index contributed by atoms with van der Waals surface area (Å²) in [5.41, 5.74) is 4.00. The second kappa shape index (κ2) is 11.7. The first kappa shape index (κ1) is 31.2. The molecule has 2 aliphatic rings. The first-order valence-corrected chi connectivity index (χ1v) is 18.4. The molecule has 0 aliphatic heterocycles. The van der Waals surface area contributed by atoms with Crippen LogP contribution in [-0.2, 0) is 10.8 Å². The van der Waals surface area contributed by atoms with Gasteiger partial charge in [-0.3, -0.25) is 0 Å². The molecule has 2 aliphatic carbocycles. The third-order valence-electron chi connectivity index (χ3n) is 9.76. The molecular formula is C38H53O3P. The molecular weight excluding hydrogens is 535 g/mol. The molecule has 2 N–H and O–H groups in total. The van der Waals surface area contributed by atoms with Crippen LogP contribution in [0.2, 0.25) is 0 Å². The Labute approximate surface area is 254 Å². The van der Waals surface area contributed by atoms with Gasteiger partial charge in [0.05, 0.1) is 0 Å². The fourth-order valence-corrected chi connectivity index (χ4v) is 10.4. The SMILES string of the molecule is CC(C)(C)c1ccc(OP(O)(O)(c2ccccc2C2CCCCC2)c2ccccc2C2CCCCC2)c(C(C)(C)C)c1. The fraction of sp³-hybridized carbons (Fsp3) is 0.526. The van der Waals surface area contributed by atoms with Gasteiger partial charge >= 0.3 is 255 Å². The van der Waals surface area contributed by atoms with E-state index in [1.54, 1.807) is 0 Å². The molecule has 2 fully saturated rings. The Bertz CT molecular complexity index is 1320. The van der Waals surface area contributed by atoms with Gasteiger partial charge in [-0.2, -0.15) is 0 Å². The summed E-state index contributed by atoms with van der Waals surface area (Å²) < 4.78 is 6.99. The second-order valence-electron chi connectivity index (χ2n) is 15.0. The quantitative estimate of drug-likeness (QED) is 0.282. The Morgan fingerprint density at radius 1 is 0.595 bits per heavy atom. The minimum atomic E-state index is -5.20. The Balaban J connectivity index is 1.77. The van der Waals surface area contributed by atoms with E-state index in [-0.39, 0.29) is 10.8 Å². The topological polar surface area (TPSA) is 49.7 Å². The van der Waals surface area contributed by atoms with Crippen molar-refractivity contribution in [3.63, 3.8) is 0 Å². The molecule has 0 amide bonds. The van der Waals surface area contributed by atoms with Crippen LogP contribution >= 0.6 is 7.28 Å². The summed E-state index contributed by atoms with van der Waals surface area (Å²) in [4.78, 5) is 26.8. The van der Waals surface area contributed by atoms with Crippen molar-refractivity contribution in [2.75, 3.05) is 0 Å². The van der Waals surface area contributed by atoms with Crippen LogP contribution in [0.1, 0.15) is 140 Å². The van der Waals surface area contributed by atoms with Gasteiger partial charge in [0, 0.05) is 0 Å². The molecule has 0 saturated heterocycles. The summed E-state index contributed by atoms with van der Waals surface area (Å²) in [5, 5.41) is 1.16. The predicted molar refractivity (Wildman–Crippen MR) is 180 cm³/mol. The molecule has 0 aromatic heterocycles. The van der Waals surface area contributed by atoms with Crippen molar-refractivity contribution in [2.24, 2.45) is 0 Å². The molecule has 2 saturated carbocycles. The molecule has 0 radical (unpaired) electrons. The van der Waals surface area contributed by atoms with Crippen LogP contribution in [0.25, 0.3) is 0 Å². The first-order valence-electron chi connectivity index (χ1n) is 16.3. The molecule has 0 spiro atoms. The van der Waals surface area contributed by atoms with Gasteiger partial charge in [0.25, 0.3) is 0 Å². The van der Waals surface area contributed by atoms with Gasteiger partial charge in [-0.25, -0.2) is 0 Å². The van der Waals surface area contributed by atoms with Crippen LogP contribution in [0.3, 0.4) is 0 Å². The molecule has 0 atom stereocenters. The molecule has 3 nitrogen and oxygen atoms in total. The van der Waals surface area contributed by atoms with Crippen molar-refractivity contribution in [1.82, 2.24) is 0 Å². The summed E-state index contributed by atoms with van der Waals surface area (Å²) in [6.07, 6.45) is 11.5. The van der Waals surface area contributed by atoms with E-state index in [0.717, 1.165) is 42.4 Å². The Hall–Kier alpha value is -2.19. The van der Waals surface area contributed by atoms with Crippen molar-refractivity contribution in [3.05, 3.63) is 89.0 Å². The molecule has 228 valence electrons. The van der Waals surface area contributed by atoms with Crippen molar-refractivity contribution in [3.8, 4) is 5.75 Å². The zero-order chi connectivity index (χ0) is 30.2. The molecule has 4 heteroatoms. The van der Waals surface area contributed by atoms with E-state index in [1.165, 1.54) is 44.1 Å². The molecule has 0 bridgehead atoms. The second-order valence-corrected chi connectivity index (χ2v) is 18.1. The van der Waals surface area contributed by atoms with E-state index in [0.29, 0.717) is 28.2 Å². The van der Waals surface area contributed by atoms with E-state index in [4.69, 9.17) is 4.52 Å². The van der Waals surface area contributed by atoms with Crippen LogP contribution in [0, 0.1) is 0 Å². The van der Waals surface area contributed by atoms with Crippen molar-refractivity contribution < 1.29 is 14.3 Å². The maximum absolute atomic E-state index is 13.4. The molecule has 0 heterocycles. The van der Waals surface area contributed by atoms with E-state index in [1.807, 2.05) is 30.3 Å². The number of hydrogen-bond donors (Lipinski definition) is 2. The van der Waals surface area contributed by atoms with Crippen LogP contribution in [0.4, 0.5) is 0 Å². The summed E-state index contributed by atoms with van der Waals surface area (Å²) in [5.74, 6) is 1.16. The monoisotopic (exact) mass is 588 g/mol. The number of hydrogen-bond acceptors (Lipinski definition) is 3. The van der Waals surface area contributed by atoms with Gasteiger partial charge in [0.2, 0.25) is 0 Å². The molecule has 3 aromatic rings. The number of benzene rings is 3. The number of rotatable bonds is 6. The van der Waals surface area contributed by atoms with E-state index >= 15 is 0 Å². The zero-order valence-electron chi connectivity index (χ0n) is 26.8. The normalized spacial score (nSPS) is 18.8. The van der Waals surface area contributed by atoms with Crippen LogP contribution in [0.5, 0.6) is 5.75 Å². The fourth-order valence-electron chi connectivity index (χ4n) is 7.30. The van der Waals surface area contributed by atoms with E-state index in [9.17, 15) is 9.79 Å². The Kier molecular flexibility index (Phi) is 8.72. The summed E-state index contributed by atoms with van der Waals surface area (Å²) in [6.45, 7) is 13.2. The maximum atomic E-state index is 13.4. The zero-order valence-corrected chi connectivity index (χ0v) is 27.7. The summed E-state index contributed by atoms with van der Waals surface area (Å²) in [7, 11) is -5.20. The third-order valence-corrected chi connectivity index (χ3v) is 12.9. The Morgan fingerprint density at radius 3 is 1.48 bits per heavy atom. The molecule has 3 aromatic carbocycles. The molecule has 0 unspecified atom stereocenters. The Morgan fingerprint density at radius 2 is 1.05 bits per heavy atom. The van der Waals surface area contributed by atoms with Gasteiger partial charge in [0.1, 0.15) is 0 Å². The average Bonchev–Trinajstić information content (AvgIpc) is 2.97. The van der Waals surface area contributed by atoms with Crippen LogP contribution in [0.15, 0.2) is 66.7 Å². The summed E-state index contributed by atoms with van der Waals surface area (Å²) in [6, 6.07) is 22.4. The van der Waals surface area contributed by atoms with Gasteiger partial charge in [-0.05, 0) is 0 Å². The van der Waals surface area contributed by atoms with Crippen molar-refractivity contribution >= 4 is 17.9 Å². The first-order chi connectivity index (χ1) is 19.8. The van der Waals surface area contributed by atoms with Gasteiger partial charge < -0.3 is 0 Å². The van der Waals surface area contributed by atoms with Crippen molar-refractivity contribution in [2.45, 2.75) is 128 Å². The average molecular weight is 589 g/mol. The van der Waals surface area contributed by atoms with E-state index < -0.39 is 7.28 Å². The van der Waals surface area contributed by atoms with Crippen LogP contribution < -0.4 is 15.1 Å².